The highest BCUT2D eigenvalue weighted by atomic mass is 15.3. The van der Waals surface area contributed by atoms with Gasteiger partial charge in [-0.1, -0.05) is 18.2 Å². The fourth-order valence-electron chi connectivity index (χ4n) is 1.78. The number of hydrogen-bond acceptors (Lipinski definition) is 6. The van der Waals surface area contributed by atoms with E-state index >= 15 is 0 Å². The molecule has 0 fully saturated rings. The number of imidazole rings is 1. The Balaban J connectivity index is 2.02. The van der Waals surface area contributed by atoms with Gasteiger partial charge in [0.2, 0.25) is 17.8 Å². The quantitative estimate of drug-likeness (QED) is 0.772. The molecular formula is C13H13N7. The molecule has 0 aliphatic rings. The van der Waals surface area contributed by atoms with Crippen LogP contribution >= 0.6 is 0 Å². The Morgan fingerprint density at radius 1 is 1.10 bits per heavy atom. The van der Waals surface area contributed by atoms with Gasteiger partial charge in [-0.05, 0) is 12.1 Å². The van der Waals surface area contributed by atoms with Crippen LogP contribution in [-0.2, 0) is 0 Å². The molecule has 0 aliphatic heterocycles. The molecule has 2 heterocycles. The molecule has 2 aromatic heterocycles. The second kappa shape index (κ2) is 4.96. The predicted molar refractivity (Wildman–Crippen MR) is 75.9 cm³/mol. The fraction of sp³-hybridized carbons (Fsp3) is 0.0769. The molecule has 100 valence electrons. The van der Waals surface area contributed by atoms with Gasteiger partial charge in [-0.2, -0.15) is 15.0 Å². The molecule has 0 atom stereocenters. The van der Waals surface area contributed by atoms with Crippen LogP contribution in [0.5, 0.6) is 0 Å². The van der Waals surface area contributed by atoms with Crippen LogP contribution in [0.4, 0.5) is 17.6 Å². The topological polar surface area (TPSA) is 85.8 Å². The molecule has 0 spiro atoms. The summed E-state index contributed by atoms with van der Waals surface area (Å²) in [7, 11) is 1.88. The maximum atomic E-state index is 5.76. The molecule has 0 bridgehead atoms. The minimum Gasteiger partial charge on any atom is -0.368 e. The molecule has 0 radical (unpaired) electrons. The lowest BCUT2D eigenvalue weighted by Crippen LogP contribution is -2.16. The molecule has 0 saturated heterocycles. The van der Waals surface area contributed by atoms with Gasteiger partial charge in [-0.15, -0.1) is 0 Å². The fourth-order valence-corrected chi connectivity index (χ4v) is 1.78. The Morgan fingerprint density at radius 2 is 1.90 bits per heavy atom. The van der Waals surface area contributed by atoms with Crippen LogP contribution in [0.2, 0.25) is 0 Å². The van der Waals surface area contributed by atoms with E-state index in [9.17, 15) is 0 Å². The van der Waals surface area contributed by atoms with Crippen molar-refractivity contribution in [2.24, 2.45) is 0 Å². The van der Waals surface area contributed by atoms with Crippen molar-refractivity contribution in [3.05, 3.63) is 49.1 Å². The lowest BCUT2D eigenvalue weighted by Gasteiger charge is -2.17. The van der Waals surface area contributed by atoms with Crippen LogP contribution in [0.25, 0.3) is 5.95 Å². The summed E-state index contributed by atoms with van der Waals surface area (Å²) in [5.74, 6) is 1.08. The summed E-state index contributed by atoms with van der Waals surface area (Å²) in [6.07, 6.45) is 5.02. The number of aromatic nitrogens is 5. The Morgan fingerprint density at radius 3 is 2.60 bits per heavy atom. The van der Waals surface area contributed by atoms with Crippen LogP contribution in [0.1, 0.15) is 0 Å². The van der Waals surface area contributed by atoms with Gasteiger partial charge in [0.25, 0.3) is 0 Å². The first-order valence-corrected chi connectivity index (χ1v) is 6.03. The number of nitrogens with zero attached hydrogens (tertiary/aromatic N) is 6. The van der Waals surface area contributed by atoms with Crippen LogP contribution in [0.15, 0.2) is 49.1 Å². The highest BCUT2D eigenvalue weighted by Crippen LogP contribution is 2.20. The van der Waals surface area contributed by atoms with Crippen molar-refractivity contribution in [1.29, 1.82) is 0 Å². The molecule has 0 unspecified atom stereocenters. The summed E-state index contributed by atoms with van der Waals surface area (Å²) in [6.45, 7) is 0. The van der Waals surface area contributed by atoms with Crippen molar-refractivity contribution in [2.75, 3.05) is 17.7 Å². The van der Waals surface area contributed by atoms with Crippen LogP contribution < -0.4 is 10.6 Å². The second-order valence-corrected chi connectivity index (χ2v) is 4.16. The number of hydrogen-bond donors (Lipinski definition) is 1. The summed E-state index contributed by atoms with van der Waals surface area (Å²) in [5, 5.41) is 0. The minimum absolute atomic E-state index is 0.168. The number of nitrogen functional groups attached to an aromatic ring is 1. The van der Waals surface area contributed by atoms with E-state index in [1.165, 1.54) is 0 Å². The van der Waals surface area contributed by atoms with Crippen molar-refractivity contribution in [3.8, 4) is 5.95 Å². The van der Waals surface area contributed by atoms with Gasteiger partial charge in [-0.25, -0.2) is 4.98 Å². The van der Waals surface area contributed by atoms with E-state index in [-0.39, 0.29) is 5.95 Å². The molecule has 3 aromatic rings. The average molecular weight is 267 g/mol. The lowest BCUT2D eigenvalue weighted by atomic mass is 10.3. The summed E-state index contributed by atoms with van der Waals surface area (Å²) in [4.78, 5) is 18.5. The smallest absolute Gasteiger partial charge is 0.241 e. The van der Waals surface area contributed by atoms with Gasteiger partial charge < -0.3 is 10.6 Å². The van der Waals surface area contributed by atoms with Gasteiger partial charge in [-0.3, -0.25) is 4.57 Å². The van der Waals surface area contributed by atoms with E-state index in [4.69, 9.17) is 5.73 Å². The zero-order chi connectivity index (χ0) is 13.9. The minimum atomic E-state index is 0.168. The molecule has 7 heteroatoms. The third kappa shape index (κ3) is 2.28. The molecular weight excluding hydrogens is 254 g/mol. The maximum Gasteiger partial charge on any atom is 0.241 e. The summed E-state index contributed by atoms with van der Waals surface area (Å²) >= 11 is 0. The second-order valence-electron chi connectivity index (χ2n) is 4.16. The van der Waals surface area contributed by atoms with Crippen molar-refractivity contribution in [3.63, 3.8) is 0 Å². The first-order chi connectivity index (χ1) is 9.74. The van der Waals surface area contributed by atoms with Gasteiger partial charge in [0.1, 0.15) is 6.33 Å². The van der Waals surface area contributed by atoms with E-state index in [1.807, 2.05) is 42.3 Å². The Hall–Kier alpha value is -2.96. The number of anilines is 3. The zero-order valence-corrected chi connectivity index (χ0v) is 10.9. The Bertz CT molecular complexity index is 694. The van der Waals surface area contributed by atoms with Crippen LogP contribution in [0, 0.1) is 0 Å². The van der Waals surface area contributed by atoms with Gasteiger partial charge >= 0.3 is 0 Å². The molecule has 1 aromatic carbocycles. The predicted octanol–water partition coefficient (Wildman–Crippen LogP) is 1.41. The first-order valence-electron chi connectivity index (χ1n) is 6.03. The maximum absolute atomic E-state index is 5.76. The molecule has 0 amide bonds. The normalized spacial score (nSPS) is 10.4. The number of para-hydroxylation sites is 1. The van der Waals surface area contributed by atoms with E-state index in [2.05, 4.69) is 19.9 Å². The first kappa shape index (κ1) is 12.1. The van der Waals surface area contributed by atoms with Crippen molar-refractivity contribution in [2.45, 2.75) is 0 Å². The van der Waals surface area contributed by atoms with E-state index in [0.29, 0.717) is 11.9 Å². The number of benzene rings is 1. The van der Waals surface area contributed by atoms with Crippen LogP contribution in [-0.4, -0.2) is 31.6 Å². The largest absolute Gasteiger partial charge is 0.368 e. The Kier molecular flexibility index (Phi) is 3.00. The van der Waals surface area contributed by atoms with E-state index in [0.717, 1.165) is 5.69 Å². The van der Waals surface area contributed by atoms with Crippen molar-refractivity contribution < 1.29 is 0 Å². The molecule has 7 nitrogen and oxygen atoms in total. The van der Waals surface area contributed by atoms with Crippen molar-refractivity contribution >= 4 is 17.6 Å². The third-order valence-corrected chi connectivity index (χ3v) is 2.81. The third-order valence-electron chi connectivity index (χ3n) is 2.81. The van der Waals surface area contributed by atoms with Crippen molar-refractivity contribution in [1.82, 2.24) is 24.5 Å². The molecule has 2 N–H and O–H groups in total. The number of rotatable bonds is 3. The van der Waals surface area contributed by atoms with E-state index < -0.39 is 0 Å². The van der Waals surface area contributed by atoms with Crippen LogP contribution in [0.3, 0.4) is 0 Å². The molecule has 3 rings (SSSR count). The highest BCUT2D eigenvalue weighted by Gasteiger charge is 2.11. The highest BCUT2D eigenvalue weighted by molar-refractivity contribution is 5.57. The van der Waals surface area contributed by atoms with Gasteiger partial charge in [0, 0.05) is 25.1 Å². The van der Waals surface area contributed by atoms with Gasteiger partial charge in [0.05, 0.1) is 0 Å². The zero-order valence-electron chi connectivity index (χ0n) is 10.9. The molecule has 0 saturated carbocycles. The monoisotopic (exact) mass is 267 g/mol. The van der Waals surface area contributed by atoms with E-state index in [1.54, 1.807) is 23.3 Å². The number of nitrogens with two attached hydrogens (primary N) is 1. The lowest BCUT2D eigenvalue weighted by molar-refractivity contribution is 0.887. The summed E-state index contributed by atoms with van der Waals surface area (Å²) in [5.41, 5.74) is 6.73. The Labute approximate surface area is 115 Å². The summed E-state index contributed by atoms with van der Waals surface area (Å²) in [6, 6.07) is 9.80. The van der Waals surface area contributed by atoms with Gasteiger partial charge in [0.15, 0.2) is 0 Å². The SMILES string of the molecule is CN(c1ccccc1)c1nc(N)nc(-n2ccnc2)n1. The summed E-state index contributed by atoms with van der Waals surface area (Å²) < 4.78 is 1.68. The molecule has 20 heavy (non-hydrogen) atoms. The standard InChI is InChI=1S/C13H13N7/c1-19(10-5-3-2-4-6-10)12-16-11(14)17-13(18-12)20-8-7-15-9-20/h2-9H,1H3,(H2,14,16,17,18). The molecule has 0 aliphatic carbocycles. The average Bonchev–Trinajstić information content (AvgIpc) is 3.01.